The second-order valence-corrected chi connectivity index (χ2v) is 3.46. The molecule has 0 radical (unpaired) electrons. The van der Waals surface area contributed by atoms with Crippen molar-refractivity contribution in [2.45, 2.75) is 6.42 Å². The lowest BCUT2D eigenvalue weighted by atomic mass is 9.87. The zero-order chi connectivity index (χ0) is 10.2. The molecular weight excluding hydrogens is 212 g/mol. The lowest BCUT2D eigenvalue weighted by molar-refractivity contribution is -0.147. The Morgan fingerprint density at radius 2 is 1.92 bits per heavy atom. The van der Waals surface area contributed by atoms with E-state index in [9.17, 15) is 14.4 Å². The first-order valence-corrected chi connectivity index (χ1v) is 4.13. The molecule has 0 aromatic rings. The molecule has 1 aliphatic carbocycles. The third kappa shape index (κ3) is 1.68. The van der Waals surface area contributed by atoms with E-state index in [1.807, 2.05) is 0 Å². The Bertz CT molecular complexity index is 318. The molecule has 1 saturated carbocycles. The predicted molar refractivity (Wildman–Crippen MR) is 51.0 cm³/mol. The van der Waals surface area contributed by atoms with Gasteiger partial charge in [0.15, 0.2) is 5.92 Å². The smallest absolute Gasteiger partial charge is 0.320 e. The van der Waals surface area contributed by atoms with Crippen molar-refractivity contribution in [3.63, 3.8) is 0 Å². The summed E-state index contributed by atoms with van der Waals surface area (Å²) >= 11 is 9.34. The van der Waals surface area contributed by atoms with Crippen LogP contribution in [0, 0.1) is 5.92 Å². The molecule has 6 heteroatoms. The minimum absolute atomic E-state index is 0.0898. The van der Waals surface area contributed by atoms with E-state index in [0.29, 0.717) is 0 Å². The van der Waals surface area contributed by atoms with Crippen molar-refractivity contribution in [2.24, 2.45) is 5.92 Å². The minimum Gasteiger partial charge on any atom is -0.480 e. The lowest BCUT2D eigenvalue weighted by Gasteiger charge is -2.17. The van der Waals surface area contributed by atoms with E-state index in [2.05, 4.69) is 24.4 Å². The highest BCUT2D eigenvalue weighted by Crippen LogP contribution is 2.15. The number of thiocarbonyl (C=S) groups is 2. The summed E-state index contributed by atoms with van der Waals surface area (Å²) in [6.45, 7) is 0. The van der Waals surface area contributed by atoms with E-state index in [1.54, 1.807) is 0 Å². The maximum atomic E-state index is 11.0. The molecule has 1 rings (SSSR count). The van der Waals surface area contributed by atoms with Gasteiger partial charge in [0.05, 0.1) is 11.3 Å². The fourth-order valence-corrected chi connectivity index (χ4v) is 1.51. The summed E-state index contributed by atoms with van der Waals surface area (Å²) in [7, 11) is 0. The van der Waals surface area contributed by atoms with E-state index >= 15 is 0 Å². The Morgan fingerprint density at radius 1 is 1.38 bits per heavy atom. The van der Waals surface area contributed by atoms with Gasteiger partial charge in [0.1, 0.15) is 0 Å². The molecule has 0 aromatic heterocycles. The second kappa shape index (κ2) is 3.39. The highest BCUT2D eigenvalue weighted by Gasteiger charge is 2.41. The zero-order valence-electron chi connectivity index (χ0n) is 6.27. The van der Waals surface area contributed by atoms with Crippen molar-refractivity contribution in [2.75, 3.05) is 0 Å². The molecule has 0 saturated heterocycles. The van der Waals surface area contributed by atoms with Crippen LogP contribution in [0.25, 0.3) is 0 Å². The zero-order valence-corrected chi connectivity index (χ0v) is 7.91. The monoisotopic (exact) mass is 216 g/mol. The van der Waals surface area contributed by atoms with Gasteiger partial charge in [0, 0.05) is 4.86 Å². The average Bonchev–Trinajstić information content (AvgIpc) is 2.01. The Kier molecular flexibility index (Phi) is 2.63. The van der Waals surface area contributed by atoms with Crippen LogP contribution in [-0.4, -0.2) is 32.4 Å². The first kappa shape index (κ1) is 10.1. The number of carboxylic acids is 1. The number of carboxylic acid groups (broad SMARTS) is 1. The summed E-state index contributed by atoms with van der Waals surface area (Å²) in [4.78, 5) is 32.5. The van der Waals surface area contributed by atoms with Gasteiger partial charge < -0.3 is 5.11 Å². The van der Waals surface area contributed by atoms with Gasteiger partial charge >= 0.3 is 5.97 Å². The van der Waals surface area contributed by atoms with E-state index in [4.69, 9.17) is 5.11 Å². The fourth-order valence-electron chi connectivity index (χ4n) is 0.985. The van der Waals surface area contributed by atoms with Gasteiger partial charge in [-0.25, -0.2) is 0 Å². The molecule has 0 spiro atoms. The van der Waals surface area contributed by atoms with Crippen LogP contribution >= 0.6 is 24.4 Å². The van der Waals surface area contributed by atoms with Crippen molar-refractivity contribution >= 4 is 51.7 Å². The number of hydrogen-bond donors (Lipinski definition) is 1. The molecule has 0 amide bonds. The van der Waals surface area contributed by atoms with E-state index in [0.717, 1.165) is 0 Å². The van der Waals surface area contributed by atoms with Crippen molar-refractivity contribution in [3.05, 3.63) is 0 Å². The number of hydrogen-bond acceptors (Lipinski definition) is 5. The SMILES string of the molecule is O=C1CC(=S)C(=S)C(C(=O)O)C1=O. The molecule has 68 valence electrons. The van der Waals surface area contributed by atoms with Crippen molar-refractivity contribution in [1.82, 2.24) is 0 Å². The fraction of sp³-hybridized carbons (Fsp3) is 0.286. The van der Waals surface area contributed by atoms with E-state index in [-0.39, 0.29) is 16.1 Å². The first-order chi connectivity index (χ1) is 5.95. The first-order valence-electron chi connectivity index (χ1n) is 3.32. The normalized spacial score (nSPS) is 23.5. The van der Waals surface area contributed by atoms with Crippen LogP contribution in [0.2, 0.25) is 0 Å². The number of Topliss-reactive ketones (excluding diaryl/α,β-unsaturated/α-hetero) is 2. The van der Waals surface area contributed by atoms with Gasteiger partial charge in [-0.2, -0.15) is 0 Å². The highest BCUT2D eigenvalue weighted by atomic mass is 32.1. The van der Waals surface area contributed by atoms with Crippen molar-refractivity contribution < 1.29 is 19.5 Å². The number of carbonyl (C=O) groups excluding carboxylic acids is 2. The molecule has 1 aliphatic rings. The minimum atomic E-state index is -1.54. The number of rotatable bonds is 1. The summed E-state index contributed by atoms with van der Waals surface area (Å²) in [6.07, 6.45) is -0.225. The quantitative estimate of drug-likeness (QED) is 0.377. The van der Waals surface area contributed by atoms with Crippen LogP contribution in [0.5, 0.6) is 0 Å². The molecule has 4 nitrogen and oxygen atoms in total. The van der Waals surface area contributed by atoms with Crippen LogP contribution < -0.4 is 0 Å². The van der Waals surface area contributed by atoms with Gasteiger partial charge in [-0.1, -0.05) is 24.4 Å². The largest absolute Gasteiger partial charge is 0.480 e. The van der Waals surface area contributed by atoms with Gasteiger partial charge in [-0.15, -0.1) is 0 Å². The van der Waals surface area contributed by atoms with Crippen LogP contribution in [-0.2, 0) is 14.4 Å². The van der Waals surface area contributed by atoms with Gasteiger partial charge in [-0.3, -0.25) is 14.4 Å². The molecule has 0 aromatic carbocycles. The maximum Gasteiger partial charge on any atom is 0.320 e. The lowest BCUT2D eigenvalue weighted by Crippen LogP contribution is -2.44. The van der Waals surface area contributed by atoms with Crippen LogP contribution in [0.3, 0.4) is 0 Å². The van der Waals surface area contributed by atoms with Crippen LogP contribution in [0.4, 0.5) is 0 Å². The van der Waals surface area contributed by atoms with Gasteiger partial charge in [0.2, 0.25) is 11.6 Å². The Balaban J connectivity index is 3.09. The Labute approximate surface area is 83.9 Å². The summed E-state index contributed by atoms with van der Waals surface area (Å²) in [5, 5.41) is 8.59. The molecule has 0 bridgehead atoms. The predicted octanol–water partition coefficient (Wildman–Crippen LogP) is -0.0311. The third-order valence-corrected chi connectivity index (χ3v) is 2.62. The number of carbonyl (C=O) groups is 3. The standard InChI is InChI=1S/C7H4O4S2/c8-2-1-3(12)6(13)4(5(2)9)7(10)11/h4H,1H2,(H,10,11). The molecular formula is C7H4O4S2. The topological polar surface area (TPSA) is 71.4 Å². The summed E-state index contributed by atoms with van der Waals surface area (Å²) < 4.78 is 0. The summed E-state index contributed by atoms with van der Waals surface area (Å²) in [6, 6.07) is 0. The third-order valence-electron chi connectivity index (χ3n) is 1.64. The summed E-state index contributed by atoms with van der Waals surface area (Å²) in [5.74, 6) is -4.69. The van der Waals surface area contributed by atoms with Crippen molar-refractivity contribution in [1.29, 1.82) is 0 Å². The molecule has 1 unspecified atom stereocenters. The molecule has 1 fully saturated rings. The summed E-state index contributed by atoms with van der Waals surface area (Å²) in [5.41, 5.74) is 0. The average molecular weight is 216 g/mol. The molecule has 0 heterocycles. The maximum absolute atomic E-state index is 11.0. The van der Waals surface area contributed by atoms with Crippen LogP contribution in [0.15, 0.2) is 0 Å². The Morgan fingerprint density at radius 3 is 2.38 bits per heavy atom. The molecule has 0 aliphatic heterocycles. The van der Waals surface area contributed by atoms with Crippen LogP contribution in [0.1, 0.15) is 6.42 Å². The van der Waals surface area contributed by atoms with E-state index in [1.165, 1.54) is 0 Å². The second-order valence-electron chi connectivity index (χ2n) is 2.52. The number of ketones is 2. The highest BCUT2D eigenvalue weighted by molar-refractivity contribution is 7.89. The molecule has 1 N–H and O–H groups in total. The molecule has 13 heavy (non-hydrogen) atoms. The van der Waals surface area contributed by atoms with E-state index < -0.39 is 23.5 Å². The molecule has 1 atom stereocenters. The number of aliphatic carboxylic acids is 1. The van der Waals surface area contributed by atoms with Crippen molar-refractivity contribution in [3.8, 4) is 0 Å². The van der Waals surface area contributed by atoms with Gasteiger partial charge in [0.25, 0.3) is 0 Å². The van der Waals surface area contributed by atoms with Gasteiger partial charge in [-0.05, 0) is 0 Å². The Hall–Kier alpha value is -1.01.